The first kappa shape index (κ1) is 33.2. The van der Waals surface area contributed by atoms with E-state index >= 15 is 0 Å². The first-order chi connectivity index (χ1) is 28.5. The van der Waals surface area contributed by atoms with E-state index in [9.17, 15) is 0 Å². The van der Waals surface area contributed by atoms with Crippen LogP contribution in [0.4, 0.5) is 17.1 Å². The van der Waals surface area contributed by atoms with Gasteiger partial charge in [-0.1, -0.05) is 147 Å². The third-order valence-electron chi connectivity index (χ3n) is 12.4. The van der Waals surface area contributed by atoms with Crippen LogP contribution >= 0.6 is 11.3 Å². The molecule has 0 unspecified atom stereocenters. The zero-order valence-corrected chi connectivity index (χ0v) is 33.0. The van der Waals surface area contributed by atoms with Gasteiger partial charge in [0.2, 0.25) is 0 Å². The highest BCUT2D eigenvalue weighted by Gasteiger charge is 2.38. The zero-order chi connectivity index (χ0) is 38.5. The van der Waals surface area contributed by atoms with Crippen LogP contribution in [0.1, 0.15) is 25.0 Å². The lowest BCUT2D eigenvalue weighted by Gasteiger charge is -2.32. The van der Waals surface area contributed by atoms with Crippen LogP contribution < -0.4 is 4.90 Å². The average Bonchev–Trinajstić information content (AvgIpc) is 3.92. The van der Waals surface area contributed by atoms with E-state index in [4.69, 9.17) is 4.42 Å². The van der Waals surface area contributed by atoms with Gasteiger partial charge >= 0.3 is 0 Å². The molecule has 12 rings (SSSR count). The SMILES string of the molecule is CC1(C)c2ccccc2-c2cccc(N(c3ccc(-c4cccc5sc6ccccc6c45)cc3)c3cccc(-c4cccc5oc6c7ccccc7ccc6c45)c3)c21. The second kappa shape index (κ2) is 12.5. The van der Waals surface area contributed by atoms with Crippen LogP contribution in [0.25, 0.3) is 86.3 Å². The van der Waals surface area contributed by atoms with Crippen LogP contribution in [-0.4, -0.2) is 0 Å². The Kier molecular flexibility index (Phi) is 7.18. The van der Waals surface area contributed by atoms with E-state index in [1.54, 1.807) is 0 Å². The maximum Gasteiger partial charge on any atom is 0.143 e. The summed E-state index contributed by atoms with van der Waals surface area (Å²) >= 11 is 1.87. The molecule has 1 aliphatic carbocycles. The second-order valence-corrected chi connectivity index (χ2v) is 17.1. The van der Waals surface area contributed by atoms with Crippen LogP contribution in [0.2, 0.25) is 0 Å². The van der Waals surface area contributed by atoms with Crippen molar-refractivity contribution in [1.82, 2.24) is 0 Å². The van der Waals surface area contributed by atoms with Crippen molar-refractivity contribution in [1.29, 1.82) is 0 Å². The topological polar surface area (TPSA) is 16.4 Å². The van der Waals surface area contributed by atoms with E-state index in [-0.39, 0.29) is 5.41 Å². The summed E-state index contributed by atoms with van der Waals surface area (Å²) in [5, 5.41) is 7.24. The van der Waals surface area contributed by atoms with Crippen LogP contribution in [0.3, 0.4) is 0 Å². The molecule has 0 saturated carbocycles. The Labute approximate surface area is 340 Å². The first-order valence-corrected chi connectivity index (χ1v) is 20.8. The highest BCUT2D eigenvalue weighted by molar-refractivity contribution is 7.25. The van der Waals surface area contributed by atoms with E-state index in [0.29, 0.717) is 0 Å². The maximum atomic E-state index is 6.63. The molecule has 0 radical (unpaired) electrons. The van der Waals surface area contributed by atoms with Crippen LogP contribution in [0, 0.1) is 0 Å². The van der Waals surface area contributed by atoms with Crippen molar-refractivity contribution in [2.24, 2.45) is 0 Å². The van der Waals surface area contributed by atoms with Gasteiger partial charge in [-0.2, -0.15) is 0 Å². The van der Waals surface area contributed by atoms with Crippen molar-refractivity contribution >= 4 is 81.3 Å². The van der Waals surface area contributed by atoms with Crippen LogP contribution in [0.15, 0.2) is 192 Å². The molecule has 0 N–H and O–H groups in total. The lowest BCUT2D eigenvalue weighted by Crippen LogP contribution is -2.20. The van der Waals surface area contributed by atoms with Gasteiger partial charge in [0.1, 0.15) is 11.2 Å². The summed E-state index contributed by atoms with van der Waals surface area (Å²) < 4.78 is 9.27. The molecule has 0 amide bonds. The van der Waals surface area contributed by atoms with Crippen LogP contribution in [0.5, 0.6) is 0 Å². The van der Waals surface area contributed by atoms with E-state index in [0.717, 1.165) is 49.8 Å². The van der Waals surface area contributed by atoms with Crippen molar-refractivity contribution < 1.29 is 4.42 Å². The van der Waals surface area contributed by atoms with Gasteiger partial charge in [0.25, 0.3) is 0 Å². The van der Waals surface area contributed by atoms with E-state index < -0.39 is 0 Å². The maximum absolute atomic E-state index is 6.63. The van der Waals surface area contributed by atoms with Gasteiger partial charge in [0.05, 0.1) is 5.69 Å². The molecule has 11 aromatic rings. The minimum Gasteiger partial charge on any atom is -0.455 e. The van der Waals surface area contributed by atoms with Gasteiger partial charge in [-0.3, -0.25) is 0 Å². The normalized spacial score (nSPS) is 13.1. The second-order valence-electron chi connectivity index (χ2n) is 16.0. The third-order valence-corrected chi connectivity index (χ3v) is 13.6. The fraction of sp³-hybridized carbons (Fsp3) is 0.0545. The summed E-state index contributed by atoms with van der Waals surface area (Å²) in [5.74, 6) is 0. The Bertz CT molecular complexity index is 3440. The van der Waals surface area contributed by atoms with Gasteiger partial charge in [0.15, 0.2) is 0 Å². The first-order valence-electron chi connectivity index (χ1n) is 20.0. The van der Waals surface area contributed by atoms with Crippen LogP contribution in [-0.2, 0) is 5.41 Å². The molecule has 58 heavy (non-hydrogen) atoms. The summed E-state index contributed by atoms with van der Waals surface area (Å²) in [4.78, 5) is 2.47. The molecule has 0 atom stereocenters. The van der Waals surface area contributed by atoms with Gasteiger partial charge < -0.3 is 9.32 Å². The summed E-state index contributed by atoms with van der Waals surface area (Å²) in [6.07, 6.45) is 0. The largest absolute Gasteiger partial charge is 0.455 e. The number of hydrogen-bond donors (Lipinski definition) is 0. The number of fused-ring (bicyclic) bond motifs is 11. The highest BCUT2D eigenvalue weighted by atomic mass is 32.1. The number of anilines is 3. The molecule has 1 aliphatic rings. The summed E-state index contributed by atoms with van der Waals surface area (Å²) in [6.45, 7) is 4.75. The average molecular weight is 760 g/mol. The predicted octanol–water partition coefficient (Wildman–Crippen LogP) is 16.2. The Morgan fingerprint density at radius 2 is 1.16 bits per heavy atom. The lowest BCUT2D eigenvalue weighted by molar-refractivity contribution is 0.661. The van der Waals surface area contributed by atoms with Gasteiger partial charge in [-0.05, 0) is 104 Å². The number of rotatable bonds is 5. The molecular weight excluding hydrogens is 723 g/mol. The molecule has 0 bridgehead atoms. The number of furan rings is 1. The lowest BCUT2D eigenvalue weighted by atomic mass is 9.81. The monoisotopic (exact) mass is 759 g/mol. The summed E-state index contributed by atoms with van der Waals surface area (Å²) in [7, 11) is 0. The van der Waals surface area contributed by atoms with Crippen molar-refractivity contribution in [3.63, 3.8) is 0 Å². The summed E-state index contributed by atoms with van der Waals surface area (Å²) in [6, 6.07) is 68.8. The number of hydrogen-bond acceptors (Lipinski definition) is 3. The molecule has 274 valence electrons. The predicted molar refractivity (Wildman–Crippen MR) is 247 cm³/mol. The Morgan fingerprint density at radius 3 is 2.05 bits per heavy atom. The molecule has 0 fully saturated rings. The minimum absolute atomic E-state index is 0.196. The molecule has 0 spiro atoms. The third kappa shape index (κ3) is 4.84. The van der Waals surface area contributed by atoms with E-state index in [1.165, 1.54) is 64.6 Å². The molecule has 0 saturated heterocycles. The molecule has 2 aromatic heterocycles. The van der Waals surface area contributed by atoms with Gasteiger partial charge in [-0.25, -0.2) is 0 Å². The quantitative estimate of drug-likeness (QED) is 0.174. The van der Waals surface area contributed by atoms with Crippen molar-refractivity contribution in [3.05, 3.63) is 199 Å². The molecular formula is C55H37NOS. The number of benzene rings is 9. The molecule has 2 heterocycles. The van der Waals surface area contributed by atoms with Gasteiger partial charge in [0, 0.05) is 53.1 Å². The van der Waals surface area contributed by atoms with E-state index in [2.05, 4.69) is 207 Å². The van der Waals surface area contributed by atoms with Crippen molar-refractivity contribution in [2.75, 3.05) is 4.90 Å². The Morgan fingerprint density at radius 1 is 0.466 bits per heavy atom. The molecule has 9 aromatic carbocycles. The molecule has 0 aliphatic heterocycles. The Hall–Kier alpha value is -6.94. The van der Waals surface area contributed by atoms with E-state index in [1.807, 2.05) is 11.3 Å². The number of nitrogens with zero attached hydrogens (tertiary/aromatic N) is 1. The fourth-order valence-corrected chi connectivity index (χ4v) is 11.0. The fourth-order valence-electron chi connectivity index (χ4n) is 9.84. The standard InChI is InChI=1S/C55H37NOS/c1-55(2)46-22-7-5-17-42(46)43-21-10-23-47(53(43)55)56(37-30-27-35(28-31-37)39-20-12-26-50-52(39)44-18-6-8-25-49(44)58-50)38-15-9-14-36(33-38)40-19-11-24-48-51(40)45-32-29-34-13-3-4-16-41(34)54(45)57-48/h3-33H,1-2H3. The van der Waals surface area contributed by atoms with Crippen molar-refractivity contribution in [2.45, 2.75) is 19.3 Å². The van der Waals surface area contributed by atoms with Crippen molar-refractivity contribution in [3.8, 4) is 33.4 Å². The highest BCUT2D eigenvalue weighted by Crippen LogP contribution is 2.54. The van der Waals surface area contributed by atoms with Gasteiger partial charge in [-0.15, -0.1) is 11.3 Å². The smallest absolute Gasteiger partial charge is 0.143 e. The Balaban J connectivity index is 1.06. The molecule has 3 heteroatoms. The zero-order valence-electron chi connectivity index (χ0n) is 32.2. The number of thiophene rings is 1. The summed E-state index contributed by atoms with van der Waals surface area (Å²) in [5.41, 5.74) is 15.1. The minimum atomic E-state index is -0.196. The molecule has 2 nitrogen and oxygen atoms in total.